The zero-order valence-electron chi connectivity index (χ0n) is 39.3. The standard InChI is InChI=1S/C56H72N4O4/c1-5-9-13-17-21-29-37(30-22-18-14-10-6-2)59-53(61)47-43-39-33-25-27-35-41(39)58-52(43)50-46-45(47)49(55(59)63)51-44(40-34-26-28-36-42(40)57-51)48(46)54(62)60(56(50)64)38(31-23-19-15-11-7-3)32-24-20-16-12-8-4/h25-28,33-38,57-58H,5-24,29-32H2,1-4H3. The minimum atomic E-state index is -0.322. The van der Waals surface area contributed by atoms with E-state index in [2.05, 4.69) is 37.7 Å². The van der Waals surface area contributed by atoms with Crippen LogP contribution in [0.5, 0.6) is 0 Å². The van der Waals surface area contributed by atoms with E-state index in [1.165, 1.54) is 25.7 Å². The van der Waals surface area contributed by atoms with Crippen molar-refractivity contribution in [2.24, 2.45) is 0 Å². The Bertz CT molecular complexity index is 2440. The topological polar surface area (TPSA) is 106 Å². The van der Waals surface area contributed by atoms with Gasteiger partial charge in [0.25, 0.3) is 23.6 Å². The molecule has 2 aliphatic rings. The largest absolute Gasteiger partial charge is 0.354 e. The van der Waals surface area contributed by atoms with Gasteiger partial charge in [-0.3, -0.25) is 29.0 Å². The summed E-state index contributed by atoms with van der Waals surface area (Å²) in [5.74, 6) is -1.27. The first kappa shape index (κ1) is 45.6. The molecule has 0 radical (unpaired) electrons. The van der Waals surface area contributed by atoms with Crippen molar-refractivity contribution in [3.05, 3.63) is 70.8 Å². The highest BCUT2D eigenvalue weighted by Gasteiger charge is 2.47. The normalized spacial score (nSPS) is 14.2. The molecule has 8 rings (SSSR count). The van der Waals surface area contributed by atoms with E-state index < -0.39 is 0 Å². The number of imide groups is 2. The first-order valence-corrected chi connectivity index (χ1v) is 25.6. The van der Waals surface area contributed by atoms with Crippen LogP contribution >= 0.6 is 0 Å². The second-order valence-corrected chi connectivity index (χ2v) is 19.2. The maximum absolute atomic E-state index is 15.7. The quantitative estimate of drug-likeness (QED) is 0.0418. The van der Waals surface area contributed by atoms with E-state index >= 15 is 19.2 Å². The minimum absolute atomic E-state index is 0.271. The van der Waals surface area contributed by atoms with E-state index in [9.17, 15) is 0 Å². The number of unbranched alkanes of at least 4 members (excludes halogenated alkanes) is 16. The van der Waals surface area contributed by atoms with Gasteiger partial charge in [0, 0.05) is 55.4 Å². The van der Waals surface area contributed by atoms with E-state index in [1.807, 2.05) is 48.5 Å². The summed E-state index contributed by atoms with van der Waals surface area (Å²) < 4.78 is 0. The zero-order chi connectivity index (χ0) is 44.7. The first-order valence-electron chi connectivity index (χ1n) is 25.6. The van der Waals surface area contributed by atoms with Gasteiger partial charge >= 0.3 is 0 Å². The lowest BCUT2D eigenvalue weighted by Gasteiger charge is -2.38. The predicted molar refractivity (Wildman–Crippen MR) is 265 cm³/mol. The molecular weight excluding hydrogens is 793 g/mol. The SMILES string of the molecule is CCCCCCCC(CCCCCCC)N1C(=O)c2c3[nH]c4ccccc4c3c3c4c(c5[nH]c6ccccc6c5c(c24)C1=O)C(=O)N(C(CCCCCCC)CCCCCCC)C3=O. The number of amides is 4. The second kappa shape index (κ2) is 20.9. The van der Waals surface area contributed by atoms with Crippen molar-refractivity contribution in [3.8, 4) is 0 Å². The van der Waals surface area contributed by atoms with Crippen molar-refractivity contribution in [2.45, 2.75) is 194 Å². The van der Waals surface area contributed by atoms with Gasteiger partial charge in [-0.1, -0.05) is 193 Å². The Morgan fingerprint density at radius 1 is 0.375 bits per heavy atom. The summed E-state index contributed by atoms with van der Waals surface area (Å²) in [4.78, 5) is 73.4. The highest BCUT2D eigenvalue weighted by Crippen LogP contribution is 2.50. The minimum Gasteiger partial charge on any atom is -0.354 e. The van der Waals surface area contributed by atoms with Crippen LogP contribution in [0.1, 0.15) is 223 Å². The number of nitrogens with one attached hydrogen (secondary N) is 2. The second-order valence-electron chi connectivity index (χ2n) is 19.2. The van der Waals surface area contributed by atoms with E-state index in [-0.39, 0.29) is 35.7 Å². The van der Waals surface area contributed by atoms with Crippen molar-refractivity contribution in [1.82, 2.24) is 19.8 Å². The lowest BCUT2D eigenvalue weighted by atomic mass is 9.80. The Morgan fingerprint density at radius 2 is 0.672 bits per heavy atom. The van der Waals surface area contributed by atoms with Crippen LogP contribution < -0.4 is 0 Å². The van der Waals surface area contributed by atoms with E-state index in [0.717, 1.165) is 150 Å². The van der Waals surface area contributed by atoms with Crippen molar-refractivity contribution >= 4 is 78.0 Å². The molecule has 4 heterocycles. The average Bonchev–Trinajstić information content (AvgIpc) is 3.88. The molecule has 0 atom stereocenters. The molecule has 8 heteroatoms. The Morgan fingerprint density at radius 3 is 1.00 bits per heavy atom. The average molecular weight is 865 g/mol. The molecule has 2 aliphatic heterocycles. The highest BCUT2D eigenvalue weighted by molar-refractivity contribution is 6.45. The molecule has 6 aromatic rings. The fourth-order valence-electron chi connectivity index (χ4n) is 11.4. The molecule has 0 saturated carbocycles. The number of para-hydroxylation sites is 2. The Labute approximate surface area is 380 Å². The number of aromatic nitrogens is 2. The molecular formula is C56H72N4O4. The fraction of sp³-hybridized carbons (Fsp3) is 0.536. The molecule has 0 saturated heterocycles. The van der Waals surface area contributed by atoms with Gasteiger partial charge < -0.3 is 9.97 Å². The summed E-state index contributed by atoms with van der Waals surface area (Å²) in [5.41, 5.74) is 4.49. The molecule has 0 bridgehead atoms. The molecule has 0 fully saturated rings. The number of hydrogen-bond donors (Lipinski definition) is 2. The van der Waals surface area contributed by atoms with Crippen LogP contribution in [0.3, 0.4) is 0 Å². The summed E-state index contributed by atoms with van der Waals surface area (Å²) in [5, 5.41) is 3.93. The summed E-state index contributed by atoms with van der Waals surface area (Å²) in [6, 6.07) is 15.4. The van der Waals surface area contributed by atoms with Crippen LogP contribution in [-0.2, 0) is 0 Å². The van der Waals surface area contributed by atoms with E-state index in [1.54, 1.807) is 9.80 Å². The number of benzene rings is 4. The number of rotatable bonds is 26. The predicted octanol–water partition coefficient (Wildman–Crippen LogP) is 15.5. The molecule has 340 valence electrons. The Kier molecular flexibility index (Phi) is 14.9. The smallest absolute Gasteiger partial charge is 0.263 e. The van der Waals surface area contributed by atoms with Gasteiger partial charge in [-0.15, -0.1) is 0 Å². The molecule has 2 aromatic heterocycles. The third-order valence-electron chi connectivity index (χ3n) is 14.7. The summed E-state index contributed by atoms with van der Waals surface area (Å²) in [6.07, 6.45) is 24.9. The number of hydrogen-bond acceptors (Lipinski definition) is 4. The van der Waals surface area contributed by atoms with E-state index in [0.29, 0.717) is 54.8 Å². The molecule has 64 heavy (non-hydrogen) atoms. The maximum Gasteiger partial charge on any atom is 0.263 e. The maximum atomic E-state index is 15.7. The van der Waals surface area contributed by atoms with Gasteiger partial charge in [-0.2, -0.15) is 0 Å². The zero-order valence-corrected chi connectivity index (χ0v) is 39.3. The number of aromatic amines is 2. The third-order valence-corrected chi connectivity index (χ3v) is 14.7. The molecule has 0 unspecified atom stereocenters. The number of H-pyrrole nitrogens is 2. The van der Waals surface area contributed by atoms with Crippen LogP contribution in [0, 0.1) is 0 Å². The van der Waals surface area contributed by atoms with Crippen molar-refractivity contribution in [1.29, 1.82) is 0 Å². The van der Waals surface area contributed by atoms with Gasteiger partial charge in [0.05, 0.1) is 33.3 Å². The van der Waals surface area contributed by atoms with Gasteiger partial charge in [0.2, 0.25) is 0 Å². The van der Waals surface area contributed by atoms with Gasteiger partial charge in [-0.25, -0.2) is 0 Å². The van der Waals surface area contributed by atoms with Gasteiger partial charge in [0.1, 0.15) is 0 Å². The van der Waals surface area contributed by atoms with Crippen LogP contribution in [0.2, 0.25) is 0 Å². The van der Waals surface area contributed by atoms with Gasteiger partial charge in [0.15, 0.2) is 0 Å². The van der Waals surface area contributed by atoms with Gasteiger partial charge in [-0.05, 0) is 37.8 Å². The molecule has 8 nitrogen and oxygen atoms in total. The molecule has 2 N–H and O–H groups in total. The first-order chi connectivity index (χ1) is 31.4. The van der Waals surface area contributed by atoms with E-state index in [4.69, 9.17) is 0 Å². The monoisotopic (exact) mass is 865 g/mol. The van der Waals surface area contributed by atoms with Crippen LogP contribution in [0.25, 0.3) is 54.4 Å². The molecule has 0 spiro atoms. The highest BCUT2D eigenvalue weighted by atomic mass is 16.2. The van der Waals surface area contributed by atoms with Crippen molar-refractivity contribution < 1.29 is 19.2 Å². The summed E-state index contributed by atoms with van der Waals surface area (Å²) >= 11 is 0. The lowest BCUT2D eigenvalue weighted by Crippen LogP contribution is -2.49. The Hall–Kier alpha value is -4.98. The summed E-state index contributed by atoms with van der Waals surface area (Å²) in [6.45, 7) is 8.87. The number of carbonyl (C=O) groups excluding carboxylic acids is 4. The Balaban J connectivity index is 1.36. The molecule has 4 amide bonds. The third kappa shape index (κ3) is 8.51. The fourth-order valence-corrected chi connectivity index (χ4v) is 11.4. The van der Waals surface area contributed by atoms with Crippen LogP contribution in [0.15, 0.2) is 48.5 Å². The van der Waals surface area contributed by atoms with Crippen molar-refractivity contribution in [2.75, 3.05) is 0 Å². The van der Waals surface area contributed by atoms with Crippen LogP contribution in [-0.4, -0.2) is 55.5 Å². The van der Waals surface area contributed by atoms with Crippen LogP contribution in [0.4, 0.5) is 0 Å². The number of carbonyl (C=O) groups is 4. The molecule has 0 aliphatic carbocycles. The number of fused-ring (bicyclic) bond motifs is 10. The summed E-state index contributed by atoms with van der Waals surface area (Å²) in [7, 11) is 0. The van der Waals surface area contributed by atoms with Crippen molar-refractivity contribution in [3.63, 3.8) is 0 Å². The number of nitrogens with zero attached hydrogens (tertiary/aromatic N) is 2. The molecule has 4 aromatic carbocycles. The lowest BCUT2D eigenvalue weighted by molar-refractivity contribution is 0.0498.